The molecule has 1 amide bonds. The molecule has 318 valence electrons. The highest BCUT2D eigenvalue weighted by atomic mass is 16.5. The summed E-state index contributed by atoms with van der Waals surface area (Å²) in [7, 11) is 3.62. The van der Waals surface area contributed by atoms with Crippen molar-refractivity contribution in [1.82, 2.24) is 9.91 Å². The third-order valence-corrected chi connectivity index (χ3v) is 12.9. The van der Waals surface area contributed by atoms with E-state index < -0.39 is 47.4 Å². The fraction of sp³-hybridized carbons (Fsp3) is 0.578. The van der Waals surface area contributed by atoms with E-state index in [4.69, 9.17) is 9.47 Å². The van der Waals surface area contributed by atoms with Crippen LogP contribution >= 0.6 is 0 Å². The minimum atomic E-state index is -0.949. The van der Waals surface area contributed by atoms with Crippen LogP contribution in [-0.4, -0.2) is 118 Å². The lowest BCUT2D eigenvalue weighted by Crippen LogP contribution is -2.42. The van der Waals surface area contributed by atoms with E-state index in [-0.39, 0.29) is 69.1 Å². The molecule has 4 aliphatic rings. The Morgan fingerprint density at radius 2 is 1.60 bits per heavy atom. The largest absolute Gasteiger partial charge is 0.507 e. The van der Waals surface area contributed by atoms with Crippen LogP contribution in [0.15, 0.2) is 41.2 Å². The van der Waals surface area contributed by atoms with Crippen molar-refractivity contribution in [1.29, 1.82) is 0 Å². The van der Waals surface area contributed by atoms with Crippen LogP contribution < -0.4 is 5.32 Å². The molecule has 0 unspecified atom stereocenters. The second-order valence-corrected chi connectivity index (χ2v) is 17.3. The van der Waals surface area contributed by atoms with E-state index in [0.29, 0.717) is 37.1 Å². The normalized spacial score (nSPS) is 32.6. The van der Waals surface area contributed by atoms with Gasteiger partial charge in [0.25, 0.3) is 5.91 Å². The number of amides is 1. The Hall–Kier alpha value is -4.43. The summed E-state index contributed by atoms with van der Waals surface area (Å²) in [6.45, 7) is 17.2. The number of hydrogen-bond acceptors (Lipinski definition) is 12. The fourth-order valence-electron chi connectivity index (χ4n) is 8.97. The standard InChI is InChI=1S/C45H64N4O9/c1-24-12-11-13-25(2)44(56)47-38-34(23-46-49-17-15-48(9)16-18-49)42(54)36-33-22-45(8,21-32(33)29(6)41(53)37(36)43(38)55)58-19-14-35(57-10)27(4)31(20-26(3)50)28(5)40(52)30(7)39(24)51/h11-14,19,23-24,27-28,30-31,35,39-40,51-55H,15-18,20-22H2,1-10H3,(H,47,56)/b12-11+,19-14+,25-13+,46-23+/t24-,27-,28-,30+,31+,35-,39-,40-,45-/m0/s1. The van der Waals surface area contributed by atoms with Gasteiger partial charge in [-0.2, -0.15) is 5.10 Å². The molecule has 6 N–H and O–H groups in total. The van der Waals surface area contributed by atoms with Crippen molar-refractivity contribution in [3.63, 3.8) is 0 Å². The predicted molar refractivity (Wildman–Crippen MR) is 226 cm³/mol. The molecule has 9 atom stereocenters. The number of allylic oxidation sites excluding steroid dienone is 2. The molecule has 6 rings (SSSR count). The van der Waals surface area contributed by atoms with Gasteiger partial charge in [-0.1, -0.05) is 45.9 Å². The van der Waals surface area contributed by atoms with Crippen LogP contribution in [0.25, 0.3) is 10.8 Å². The second-order valence-electron chi connectivity index (χ2n) is 17.3. The average molecular weight is 805 g/mol. The van der Waals surface area contributed by atoms with Gasteiger partial charge in [-0.05, 0) is 75.3 Å². The molecular weight excluding hydrogens is 741 g/mol. The Morgan fingerprint density at radius 3 is 2.24 bits per heavy atom. The number of ether oxygens (including phenoxy) is 2. The Bertz CT molecular complexity index is 1980. The number of rotatable bonds is 5. The molecule has 3 heterocycles. The van der Waals surface area contributed by atoms with Crippen LogP contribution in [0.2, 0.25) is 0 Å². The van der Waals surface area contributed by atoms with Gasteiger partial charge in [0.2, 0.25) is 0 Å². The number of nitrogens with one attached hydrogen (secondary N) is 1. The predicted octanol–water partition coefficient (Wildman–Crippen LogP) is 5.57. The summed E-state index contributed by atoms with van der Waals surface area (Å²) >= 11 is 0. The number of aliphatic hydroxyl groups excluding tert-OH is 2. The summed E-state index contributed by atoms with van der Waals surface area (Å²) in [5.74, 6) is -3.36. The van der Waals surface area contributed by atoms with Gasteiger partial charge >= 0.3 is 0 Å². The maximum Gasteiger partial charge on any atom is 0.251 e. The molecule has 0 aromatic heterocycles. The van der Waals surface area contributed by atoms with Crippen LogP contribution in [0, 0.1) is 36.5 Å². The zero-order chi connectivity index (χ0) is 42.8. The number of aromatic hydroxyl groups is 3. The summed E-state index contributed by atoms with van der Waals surface area (Å²) in [4.78, 5) is 28.5. The van der Waals surface area contributed by atoms with Crippen LogP contribution in [0.4, 0.5) is 5.69 Å². The monoisotopic (exact) mass is 804 g/mol. The van der Waals surface area contributed by atoms with Crippen molar-refractivity contribution in [2.75, 3.05) is 45.7 Å². The number of nitrogens with zero attached hydrogens (tertiary/aromatic N) is 3. The van der Waals surface area contributed by atoms with Crippen molar-refractivity contribution in [2.24, 2.45) is 34.7 Å². The van der Waals surface area contributed by atoms with Gasteiger partial charge in [-0.3, -0.25) is 9.80 Å². The number of ketones is 1. The van der Waals surface area contributed by atoms with Crippen LogP contribution in [0.3, 0.4) is 0 Å². The molecule has 1 aliphatic carbocycles. The molecule has 0 radical (unpaired) electrons. The first-order chi connectivity index (χ1) is 27.3. The van der Waals surface area contributed by atoms with Crippen molar-refractivity contribution in [3.8, 4) is 17.2 Å². The molecule has 0 spiro atoms. The van der Waals surface area contributed by atoms with E-state index in [9.17, 15) is 35.1 Å². The van der Waals surface area contributed by atoms with Gasteiger partial charge in [-0.15, -0.1) is 0 Å². The first kappa shape index (κ1) is 44.7. The number of benzene rings is 2. The van der Waals surface area contributed by atoms with Crippen molar-refractivity contribution in [3.05, 3.63) is 58.4 Å². The molecule has 13 nitrogen and oxygen atoms in total. The first-order valence-electron chi connectivity index (χ1n) is 20.4. The lowest BCUT2D eigenvalue weighted by Gasteiger charge is -2.38. The van der Waals surface area contributed by atoms with E-state index in [1.54, 1.807) is 58.4 Å². The maximum atomic E-state index is 13.8. The number of methoxy groups -OCH3 is 1. The summed E-state index contributed by atoms with van der Waals surface area (Å²) in [6, 6.07) is 0. The van der Waals surface area contributed by atoms with E-state index in [0.717, 1.165) is 18.7 Å². The van der Waals surface area contributed by atoms with Crippen LogP contribution in [0.5, 0.6) is 17.2 Å². The van der Waals surface area contributed by atoms with Gasteiger partial charge in [0.1, 0.15) is 22.9 Å². The molecule has 3 aliphatic heterocycles. The number of carbonyl (C=O) groups excluding carboxylic acids is 2. The van der Waals surface area contributed by atoms with Gasteiger partial charge in [0, 0.05) is 75.3 Å². The minimum Gasteiger partial charge on any atom is -0.507 e. The van der Waals surface area contributed by atoms with Crippen molar-refractivity contribution in [2.45, 2.75) is 98.6 Å². The molecule has 13 heteroatoms. The number of anilines is 1. The number of fused-ring (bicyclic) bond motifs is 14. The van der Waals surface area contributed by atoms with E-state index in [1.807, 2.05) is 39.8 Å². The number of piperazine rings is 1. The number of phenols is 3. The highest BCUT2D eigenvalue weighted by Gasteiger charge is 2.41. The molecule has 2 aromatic rings. The zero-order valence-electron chi connectivity index (χ0n) is 35.7. The van der Waals surface area contributed by atoms with Crippen LogP contribution in [-0.2, 0) is 31.9 Å². The van der Waals surface area contributed by atoms with E-state index in [2.05, 4.69) is 15.3 Å². The summed E-state index contributed by atoms with van der Waals surface area (Å²) < 4.78 is 12.4. The summed E-state index contributed by atoms with van der Waals surface area (Å²) in [6.07, 6.45) is 8.34. The molecule has 5 bridgehead atoms. The number of phenolic OH excluding ortho intramolecular Hbond substituents is 3. The number of hydrogen-bond donors (Lipinski definition) is 6. The molecule has 1 fully saturated rings. The second kappa shape index (κ2) is 18.2. The van der Waals surface area contributed by atoms with Gasteiger partial charge in [0.15, 0.2) is 5.75 Å². The third-order valence-electron chi connectivity index (χ3n) is 12.9. The molecule has 0 saturated carbocycles. The number of carbonyl (C=O) groups is 2. The Morgan fingerprint density at radius 1 is 0.948 bits per heavy atom. The Kier molecular flexibility index (Phi) is 14.0. The fourth-order valence-corrected chi connectivity index (χ4v) is 8.97. The summed E-state index contributed by atoms with van der Waals surface area (Å²) in [5, 5.41) is 68.4. The van der Waals surface area contributed by atoms with Gasteiger partial charge < -0.3 is 50.0 Å². The molecule has 1 saturated heterocycles. The third kappa shape index (κ3) is 9.22. The quantitative estimate of drug-likeness (QED) is 0.126. The molecule has 58 heavy (non-hydrogen) atoms. The van der Waals surface area contributed by atoms with Crippen molar-refractivity contribution >= 4 is 34.4 Å². The number of likely N-dealkylation sites (N-methyl/N-ethyl adjacent to an activating group) is 1. The average Bonchev–Trinajstić information content (AvgIpc) is 3.54. The topological polar surface area (TPSA) is 185 Å². The highest BCUT2D eigenvalue weighted by Crippen LogP contribution is 2.53. The zero-order valence-corrected chi connectivity index (χ0v) is 35.7. The Balaban J connectivity index is 1.67. The first-order valence-corrected chi connectivity index (χ1v) is 20.4. The Labute approximate surface area is 342 Å². The highest BCUT2D eigenvalue weighted by molar-refractivity contribution is 6.16. The minimum absolute atomic E-state index is 0.00889. The van der Waals surface area contributed by atoms with E-state index in [1.165, 1.54) is 13.1 Å². The number of Topliss-reactive ketones (excluding diaryl/α,β-unsaturated/α-hetero) is 1. The lowest BCUT2D eigenvalue weighted by atomic mass is 9.71. The lowest BCUT2D eigenvalue weighted by molar-refractivity contribution is -0.120. The SMILES string of the molecule is CO[C@H]1/C=C/O[C@@]2(C)Cc3c(C)c(O)c4c(O)c(c(/C=N/N5CCN(C)CC5)c(O)c4c3C2)NC(=O)/C(C)=C/C=C/[C@H](C)[C@H](O)[C@@H](C)[C@@H](O)[C@@H](C)[C@H](CC(C)=O)[C@@H]1C. The smallest absolute Gasteiger partial charge is 0.251 e. The van der Waals surface area contributed by atoms with Crippen molar-refractivity contribution < 1.29 is 44.6 Å². The molecule has 2 aromatic carbocycles. The molecular formula is C45H64N4O9. The summed E-state index contributed by atoms with van der Waals surface area (Å²) in [5.41, 5.74) is 1.41. The van der Waals surface area contributed by atoms with Gasteiger partial charge in [-0.25, -0.2) is 0 Å². The maximum absolute atomic E-state index is 13.8. The van der Waals surface area contributed by atoms with E-state index >= 15 is 0 Å². The van der Waals surface area contributed by atoms with Crippen LogP contribution in [0.1, 0.15) is 77.1 Å². The number of aliphatic hydroxyl groups is 2. The van der Waals surface area contributed by atoms with Gasteiger partial charge in [0.05, 0.1) is 47.4 Å². The number of hydrazone groups is 1.